The van der Waals surface area contributed by atoms with E-state index in [-0.39, 0.29) is 11.6 Å². The van der Waals surface area contributed by atoms with Gasteiger partial charge in [-0.05, 0) is 25.9 Å². The van der Waals surface area contributed by atoms with Gasteiger partial charge < -0.3 is 16.0 Å². The Morgan fingerprint density at radius 1 is 1.38 bits per heavy atom. The Morgan fingerprint density at radius 2 is 2.08 bits per heavy atom. The van der Waals surface area contributed by atoms with Gasteiger partial charge in [0, 0.05) is 6.54 Å². The molecule has 0 aromatic carbocycles. The SMILES string of the molecule is O=C1NC[C@H](I)C2(CCNCC2)N1. The van der Waals surface area contributed by atoms with E-state index in [1.165, 1.54) is 0 Å². The van der Waals surface area contributed by atoms with Crippen LogP contribution < -0.4 is 16.0 Å². The summed E-state index contributed by atoms with van der Waals surface area (Å²) >= 11 is 2.43. The van der Waals surface area contributed by atoms with Crippen molar-refractivity contribution in [1.82, 2.24) is 16.0 Å². The van der Waals surface area contributed by atoms with Crippen LogP contribution in [-0.2, 0) is 0 Å². The van der Waals surface area contributed by atoms with E-state index >= 15 is 0 Å². The molecule has 0 aliphatic carbocycles. The second-order valence-corrected chi connectivity index (χ2v) is 5.21. The van der Waals surface area contributed by atoms with Crippen LogP contribution in [0.25, 0.3) is 0 Å². The van der Waals surface area contributed by atoms with Gasteiger partial charge in [-0.25, -0.2) is 4.79 Å². The molecule has 0 saturated carbocycles. The third kappa shape index (κ3) is 1.76. The van der Waals surface area contributed by atoms with Gasteiger partial charge in [-0.2, -0.15) is 0 Å². The number of rotatable bonds is 0. The van der Waals surface area contributed by atoms with Crippen molar-refractivity contribution in [1.29, 1.82) is 0 Å². The van der Waals surface area contributed by atoms with Crippen molar-refractivity contribution in [3.05, 3.63) is 0 Å². The Morgan fingerprint density at radius 3 is 2.77 bits per heavy atom. The van der Waals surface area contributed by atoms with E-state index in [4.69, 9.17) is 0 Å². The Bertz CT molecular complexity index is 215. The molecule has 1 spiro atoms. The lowest BCUT2D eigenvalue weighted by Gasteiger charge is -2.45. The van der Waals surface area contributed by atoms with E-state index in [0.717, 1.165) is 32.5 Å². The van der Waals surface area contributed by atoms with Gasteiger partial charge in [-0.1, -0.05) is 22.6 Å². The maximum Gasteiger partial charge on any atom is 0.315 e. The summed E-state index contributed by atoms with van der Waals surface area (Å²) in [6, 6.07) is -0.00480. The monoisotopic (exact) mass is 295 g/mol. The molecule has 0 aromatic rings. The first kappa shape index (κ1) is 9.51. The van der Waals surface area contributed by atoms with Crippen LogP contribution >= 0.6 is 22.6 Å². The van der Waals surface area contributed by atoms with Gasteiger partial charge >= 0.3 is 6.03 Å². The Balaban J connectivity index is 2.11. The Hall–Kier alpha value is -0.0400. The summed E-state index contributed by atoms with van der Waals surface area (Å²) in [5, 5.41) is 9.23. The smallest absolute Gasteiger partial charge is 0.315 e. The van der Waals surface area contributed by atoms with Crippen LogP contribution in [0.4, 0.5) is 4.79 Å². The summed E-state index contributed by atoms with van der Waals surface area (Å²) in [5.41, 5.74) is 0.0497. The topological polar surface area (TPSA) is 53.2 Å². The predicted octanol–water partition coefficient (Wildman–Crippen LogP) is 0.225. The number of halogens is 1. The number of amides is 2. The molecule has 2 aliphatic rings. The van der Waals surface area contributed by atoms with Crippen molar-refractivity contribution in [2.45, 2.75) is 22.3 Å². The van der Waals surface area contributed by atoms with Gasteiger partial charge in [-0.15, -0.1) is 0 Å². The highest BCUT2D eigenvalue weighted by molar-refractivity contribution is 14.1. The molecule has 2 amide bonds. The Labute approximate surface area is 91.4 Å². The first-order valence-corrected chi connectivity index (χ1v) is 5.88. The summed E-state index contributed by atoms with van der Waals surface area (Å²) in [6.45, 7) is 2.83. The molecule has 2 fully saturated rings. The normalized spacial score (nSPS) is 32.4. The van der Waals surface area contributed by atoms with Gasteiger partial charge in [0.2, 0.25) is 0 Å². The Kier molecular flexibility index (Phi) is 2.64. The van der Waals surface area contributed by atoms with Crippen LogP contribution in [0, 0.1) is 0 Å². The molecule has 5 heteroatoms. The first-order valence-electron chi connectivity index (χ1n) is 4.64. The molecule has 74 valence electrons. The highest BCUT2D eigenvalue weighted by atomic mass is 127. The lowest BCUT2D eigenvalue weighted by molar-refractivity contribution is 0.190. The molecule has 0 aromatic heterocycles. The lowest BCUT2D eigenvalue weighted by atomic mass is 9.84. The van der Waals surface area contributed by atoms with Crippen LogP contribution in [0.5, 0.6) is 0 Å². The van der Waals surface area contributed by atoms with Crippen molar-refractivity contribution in [3.8, 4) is 0 Å². The minimum Gasteiger partial charge on any atom is -0.337 e. The molecule has 0 radical (unpaired) electrons. The van der Waals surface area contributed by atoms with Crippen LogP contribution in [-0.4, -0.2) is 35.1 Å². The standard InChI is InChI=1S/C8H14IN3O/c9-6-5-11-7(13)12-8(6)1-3-10-4-2-8/h6,10H,1-5H2,(H2,11,12,13)/t6-/m0/s1. The molecule has 0 bridgehead atoms. The third-order valence-electron chi connectivity index (χ3n) is 2.90. The summed E-state index contributed by atoms with van der Waals surface area (Å²) in [5.74, 6) is 0. The van der Waals surface area contributed by atoms with Crippen molar-refractivity contribution < 1.29 is 4.79 Å². The lowest BCUT2D eigenvalue weighted by Crippen LogP contribution is -2.67. The van der Waals surface area contributed by atoms with E-state index in [1.54, 1.807) is 0 Å². The predicted molar refractivity (Wildman–Crippen MR) is 59.2 cm³/mol. The molecule has 4 nitrogen and oxygen atoms in total. The molecule has 0 unspecified atom stereocenters. The van der Waals surface area contributed by atoms with Gasteiger partial charge in [0.1, 0.15) is 0 Å². The maximum absolute atomic E-state index is 11.2. The highest BCUT2D eigenvalue weighted by Gasteiger charge is 2.42. The fraction of sp³-hybridized carbons (Fsp3) is 0.875. The molecule has 13 heavy (non-hydrogen) atoms. The average Bonchev–Trinajstić information content (AvgIpc) is 2.14. The zero-order valence-electron chi connectivity index (χ0n) is 7.40. The van der Waals surface area contributed by atoms with Crippen LogP contribution in [0.15, 0.2) is 0 Å². The van der Waals surface area contributed by atoms with Crippen molar-refractivity contribution in [2.24, 2.45) is 0 Å². The number of alkyl halides is 1. The first-order chi connectivity index (χ1) is 6.23. The molecule has 1 atom stereocenters. The van der Waals surface area contributed by atoms with E-state index in [2.05, 4.69) is 38.5 Å². The fourth-order valence-electron chi connectivity index (χ4n) is 2.04. The molecule has 2 saturated heterocycles. The largest absolute Gasteiger partial charge is 0.337 e. The summed E-state index contributed by atoms with van der Waals surface area (Å²) in [7, 11) is 0. The zero-order chi connectivity index (χ0) is 9.31. The van der Waals surface area contributed by atoms with E-state index < -0.39 is 0 Å². The average molecular weight is 295 g/mol. The van der Waals surface area contributed by atoms with E-state index in [9.17, 15) is 4.79 Å². The van der Waals surface area contributed by atoms with Crippen molar-refractivity contribution in [3.63, 3.8) is 0 Å². The quantitative estimate of drug-likeness (QED) is 0.442. The fourth-order valence-corrected chi connectivity index (χ4v) is 3.04. The number of hydrogen-bond donors (Lipinski definition) is 3. The summed E-state index contributed by atoms with van der Waals surface area (Å²) in [4.78, 5) is 11.2. The molecular formula is C8H14IN3O. The number of nitrogens with one attached hydrogen (secondary N) is 3. The van der Waals surface area contributed by atoms with Crippen molar-refractivity contribution >= 4 is 28.6 Å². The van der Waals surface area contributed by atoms with Crippen LogP contribution in [0.2, 0.25) is 0 Å². The number of carbonyl (C=O) groups is 1. The second-order valence-electron chi connectivity index (χ2n) is 3.71. The van der Waals surface area contributed by atoms with Crippen molar-refractivity contribution in [2.75, 3.05) is 19.6 Å². The minimum atomic E-state index is -0.00480. The molecule has 2 heterocycles. The van der Waals surface area contributed by atoms with Gasteiger partial charge in [0.25, 0.3) is 0 Å². The van der Waals surface area contributed by atoms with E-state index in [0.29, 0.717) is 3.92 Å². The zero-order valence-corrected chi connectivity index (χ0v) is 9.56. The highest BCUT2D eigenvalue weighted by Crippen LogP contribution is 2.29. The van der Waals surface area contributed by atoms with Crippen LogP contribution in [0.1, 0.15) is 12.8 Å². The van der Waals surface area contributed by atoms with E-state index in [1.807, 2.05) is 0 Å². The minimum absolute atomic E-state index is 0.00480. The van der Waals surface area contributed by atoms with Crippen LogP contribution in [0.3, 0.4) is 0 Å². The third-order valence-corrected chi connectivity index (χ3v) is 4.53. The number of carbonyl (C=O) groups excluding carboxylic acids is 1. The number of urea groups is 1. The second kappa shape index (κ2) is 3.61. The van der Waals surface area contributed by atoms with Gasteiger partial charge in [0.05, 0.1) is 9.46 Å². The number of piperidine rings is 1. The molecule has 2 aliphatic heterocycles. The maximum atomic E-state index is 11.2. The number of hydrogen-bond acceptors (Lipinski definition) is 2. The summed E-state index contributed by atoms with van der Waals surface area (Å²) in [6.07, 6.45) is 2.10. The molecular weight excluding hydrogens is 281 g/mol. The van der Waals surface area contributed by atoms with Gasteiger partial charge in [0.15, 0.2) is 0 Å². The molecule has 2 rings (SSSR count). The molecule has 3 N–H and O–H groups in total. The van der Waals surface area contributed by atoms with Gasteiger partial charge in [-0.3, -0.25) is 0 Å². The summed E-state index contributed by atoms with van der Waals surface area (Å²) < 4.78 is 0.505.